The summed E-state index contributed by atoms with van der Waals surface area (Å²) in [5.74, 6) is -0.683. The molecule has 0 bridgehead atoms. The van der Waals surface area contributed by atoms with Gasteiger partial charge in [-0.3, -0.25) is 9.59 Å². The summed E-state index contributed by atoms with van der Waals surface area (Å²) >= 11 is 0. The fourth-order valence-electron chi connectivity index (χ4n) is 3.27. The third-order valence-corrected chi connectivity index (χ3v) is 4.73. The topological polar surface area (TPSA) is 67.4 Å². The fourth-order valence-corrected chi connectivity index (χ4v) is 3.27. The van der Waals surface area contributed by atoms with Gasteiger partial charge in [-0.2, -0.15) is 0 Å². The van der Waals surface area contributed by atoms with Crippen LogP contribution in [-0.2, 0) is 27.3 Å². The molecule has 5 nitrogen and oxygen atoms in total. The Morgan fingerprint density at radius 2 is 1.40 bits per heavy atom. The van der Waals surface area contributed by atoms with Crippen molar-refractivity contribution in [3.63, 3.8) is 0 Å². The van der Waals surface area contributed by atoms with Gasteiger partial charge < -0.3 is 15.4 Å². The highest BCUT2D eigenvalue weighted by atomic mass is 16.5. The van der Waals surface area contributed by atoms with Gasteiger partial charge >= 0.3 is 0 Å². The number of benzene rings is 2. The second kappa shape index (κ2) is 10.9. The number of carbonyl (C=O) groups is 2. The molecule has 0 spiro atoms. The molecule has 5 heteroatoms. The van der Waals surface area contributed by atoms with E-state index < -0.39 is 17.7 Å². The Kier molecular flexibility index (Phi) is 8.60. The lowest BCUT2D eigenvalue weighted by atomic mass is 9.99. The monoisotopic (exact) mass is 410 g/mol. The number of ether oxygens (including phenoxy) is 1. The summed E-state index contributed by atoms with van der Waals surface area (Å²) in [7, 11) is 0. The van der Waals surface area contributed by atoms with Crippen molar-refractivity contribution in [2.24, 2.45) is 5.92 Å². The lowest BCUT2D eigenvalue weighted by molar-refractivity contribution is -0.138. The Morgan fingerprint density at radius 1 is 0.867 bits per heavy atom. The zero-order chi connectivity index (χ0) is 22.1. The molecule has 3 atom stereocenters. The lowest BCUT2D eigenvalue weighted by Gasteiger charge is -2.31. The van der Waals surface area contributed by atoms with Crippen LogP contribution in [0.15, 0.2) is 60.7 Å². The maximum Gasteiger partial charge on any atom is 0.245 e. The van der Waals surface area contributed by atoms with Crippen molar-refractivity contribution in [3.05, 3.63) is 71.8 Å². The summed E-state index contributed by atoms with van der Waals surface area (Å²) in [6.45, 7) is 9.89. The van der Waals surface area contributed by atoms with E-state index in [-0.39, 0.29) is 17.7 Å². The first kappa shape index (κ1) is 23.6. The molecule has 0 aliphatic heterocycles. The van der Waals surface area contributed by atoms with E-state index in [0.717, 1.165) is 11.1 Å². The lowest BCUT2D eigenvalue weighted by Crippen LogP contribution is -2.55. The highest BCUT2D eigenvalue weighted by Gasteiger charge is 2.31. The smallest absolute Gasteiger partial charge is 0.245 e. The number of hydrogen-bond acceptors (Lipinski definition) is 3. The molecule has 2 rings (SSSR count). The Hall–Kier alpha value is -2.66. The van der Waals surface area contributed by atoms with E-state index in [1.807, 2.05) is 95.3 Å². The standard InChI is InChI=1S/C25H34N2O3/c1-18(16-20-12-8-6-9-13-20)23(28)27-22(19(2)30-25(3,4)5)24(29)26-17-21-14-10-7-11-15-21/h6-15,18-19,22H,16-17H2,1-5H3,(H,26,29)(H,27,28)/t18-,19+,22-/m0/s1. The minimum Gasteiger partial charge on any atom is -0.370 e. The van der Waals surface area contributed by atoms with Gasteiger partial charge in [0.2, 0.25) is 11.8 Å². The number of amides is 2. The Morgan fingerprint density at radius 3 is 1.93 bits per heavy atom. The molecule has 2 aromatic rings. The number of carbonyl (C=O) groups excluding carboxylic acids is 2. The summed E-state index contributed by atoms with van der Waals surface area (Å²) in [5, 5.41) is 5.85. The third-order valence-electron chi connectivity index (χ3n) is 4.73. The highest BCUT2D eigenvalue weighted by molar-refractivity contribution is 5.89. The van der Waals surface area contributed by atoms with Crippen molar-refractivity contribution in [1.29, 1.82) is 0 Å². The molecule has 2 N–H and O–H groups in total. The van der Waals surface area contributed by atoms with Crippen LogP contribution in [0.1, 0.15) is 45.7 Å². The van der Waals surface area contributed by atoms with Gasteiger partial charge in [0.05, 0.1) is 11.7 Å². The van der Waals surface area contributed by atoms with Crippen molar-refractivity contribution < 1.29 is 14.3 Å². The van der Waals surface area contributed by atoms with Gasteiger partial charge in [-0.05, 0) is 45.2 Å². The largest absolute Gasteiger partial charge is 0.370 e. The average molecular weight is 411 g/mol. The van der Waals surface area contributed by atoms with Gasteiger partial charge in [0.15, 0.2) is 0 Å². The van der Waals surface area contributed by atoms with Crippen LogP contribution in [0.2, 0.25) is 0 Å². The highest BCUT2D eigenvalue weighted by Crippen LogP contribution is 2.15. The molecule has 2 aromatic carbocycles. The summed E-state index contributed by atoms with van der Waals surface area (Å²) in [6.07, 6.45) is 0.133. The molecular formula is C25H34N2O3. The molecule has 162 valence electrons. The molecule has 0 aromatic heterocycles. The van der Waals surface area contributed by atoms with Gasteiger partial charge in [-0.25, -0.2) is 0 Å². The second-order valence-electron chi connectivity index (χ2n) is 8.72. The van der Waals surface area contributed by atoms with Gasteiger partial charge in [0.25, 0.3) is 0 Å². The molecule has 0 unspecified atom stereocenters. The maximum atomic E-state index is 13.0. The van der Waals surface area contributed by atoms with Crippen LogP contribution in [0.4, 0.5) is 0 Å². The van der Waals surface area contributed by atoms with E-state index >= 15 is 0 Å². The van der Waals surface area contributed by atoms with E-state index in [9.17, 15) is 9.59 Å². The molecular weight excluding hydrogens is 376 g/mol. The fraction of sp³-hybridized carbons (Fsp3) is 0.440. The summed E-state index contributed by atoms with van der Waals surface area (Å²) in [5.41, 5.74) is 1.65. The van der Waals surface area contributed by atoms with Gasteiger partial charge in [0, 0.05) is 12.5 Å². The van der Waals surface area contributed by atoms with Crippen LogP contribution < -0.4 is 10.6 Å². The summed E-state index contributed by atoms with van der Waals surface area (Å²) in [4.78, 5) is 25.8. The third kappa shape index (κ3) is 7.99. The first-order valence-electron chi connectivity index (χ1n) is 10.5. The Balaban J connectivity index is 2.05. The molecule has 2 amide bonds. The molecule has 0 saturated carbocycles. The van der Waals surface area contributed by atoms with Crippen molar-refractivity contribution >= 4 is 11.8 Å². The van der Waals surface area contributed by atoms with Crippen LogP contribution >= 0.6 is 0 Å². The van der Waals surface area contributed by atoms with E-state index in [2.05, 4.69) is 10.6 Å². The summed E-state index contributed by atoms with van der Waals surface area (Å²) < 4.78 is 6.00. The zero-order valence-electron chi connectivity index (χ0n) is 18.6. The van der Waals surface area contributed by atoms with Gasteiger partial charge in [-0.15, -0.1) is 0 Å². The number of hydrogen-bond donors (Lipinski definition) is 2. The molecule has 30 heavy (non-hydrogen) atoms. The number of rotatable bonds is 9. The van der Waals surface area contributed by atoms with Gasteiger partial charge in [-0.1, -0.05) is 67.6 Å². The van der Waals surface area contributed by atoms with Crippen LogP contribution in [-0.4, -0.2) is 29.6 Å². The predicted octanol–water partition coefficient (Wildman–Crippen LogP) is 3.87. The average Bonchev–Trinajstić information content (AvgIpc) is 2.70. The normalized spacial score (nSPS) is 14.4. The second-order valence-corrected chi connectivity index (χ2v) is 8.72. The SMILES string of the molecule is C[C@@H](Cc1ccccc1)C(=O)N[C@H](C(=O)NCc1ccccc1)[C@@H](C)OC(C)(C)C. The molecule has 0 saturated heterocycles. The van der Waals surface area contributed by atoms with E-state index in [1.54, 1.807) is 0 Å². The Bertz CT molecular complexity index is 800. The minimum absolute atomic E-state index is 0.164. The molecule has 0 radical (unpaired) electrons. The first-order valence-corrected chi connectivity index (χ1v) is 10.5. The maximum absolute atomic E-state index is 13.0. The quantitative estimate of drug-likeness (QED) is 0.659. The van der Waals surface area contributed by atoms with Crippen LogP contribution in [0.5, 0.6) is 0 Å². The van der Waals surface area contributed by atoms with E-state index in [0.29, 0.717) is 13.0 Å². The summed E-state index contributed by atoms with van der Waals surface area (Å²) in [6, 6.07) is 18.8. The van der Waals surface area contributed by atoms with Crippen molar-refractivity contribution in [3.8, 4) is 0 Å². The molecule has 0 fully saturated rings. The van der Waals surface area contributed by atoms with Crippen LogP contribution in [0.3, 0.4) is 0 Å². The van der Waals surface area contributed by atoms with Crippen molar-refractivity contribution in [2.75, 3.05) is 0 Å². The minimum atomic E-state index is -0.779. The molecule has 0 heterocycles. The van der Waals surface area contributed by atoms with Crippen LogP contribution in [0, 0.1) is 5.92 Å². The first-order chi connectivity index (χ1) is 14.2. The van der Waals surface area contributed by atoms with Crippen molar-refractivity contribution in [2.45, 2.75) is 65.3 Å². The van der Waals surface area contributed by atoms with Crippen molar-refractivity contribution in [1.82, 2.24) is 10.6 Å². The van der Waals surface area contributed by atoms with E-state index in [1.165, 1.54) is 0 Å². The van der Waals surface area contributed by atoms with E-state index in [4.69, 9.17) is 4.74 Å². The van der Waals surface area contributed by atoms with Crippen LogP contribution in [0.25, 0.3) is 0 Å². The Labute approximate surface area is 180 Å². The van der Waals surface area contributed by atoms with Gasteiger partial charge in [0.1, 0.15) is 6.04 Å². The molecule has 0 aliphatic carbocycles. The zero-order valence-corrected chi connectivity index (χ0v) is 18.6. The molecule has 0 aliphatic rings. The predicted molar refractivity (Wildman–Crippen MR) is 120 cm³/mol. The number of nitrogens with one attached hydrogen (secondary N) is 2.